The molecule has 0 bridgehead atoms. The van der Waals surface area contributed by atoms with Gasteiger partial charge in [-0.3, -0.25) is 14.4 Å². The van der Waals surface area contributed by atoms with Crippen LogP contribution in [0, 0.1) is 0 Å². The van der Waals surface area contributed by atoms with Gasteiger partial charge in [-0.25, -0.2) is 4.79 Å². The highest BCUT2D eigenvalue weighted by molar-refractivity contribution is 7.98. The van der Waals surface area contributed by atoms with Crippen molar-refractivity contribution in [3.05, 3.63) is 36.0 Å². The van der Waals surface area contributed by atoms with Crippen molar-refractivity contribution in [3.8, 4) is 0 Å². The average Bonchev–Trinajstić information content (AvgIpc) is 3.59. The molecule has 0 spiro atoms. The van der Waals surface area contributed by atoms with Crippen molar-refractivity contribution in [2.75, 3.05) is 30.6 Å². The Hall–Kier alpha value is -2.70. The van der Waals surface area contributed by atoms with Crippen LogP contribution in [-0.2, 0) is 25.6 Å². The lowest BCUT2D eigenvalue weighted by Gasteiger charge is -2.25. The van der Waals surface area contributed by atoms with Crippen LogP contribution in [0.2, 0.25) is 0 Å². The Morgan fingerprint density at radius 1 is 0.974 bits per heavy atom. The van der Waals surface area contributed by atoms with Gasteiger partial charge in [0, 0.05) is 23.5 Å². The number of aromatic nitrogens is 1. The third kappa shape index (κ3) is 8.40. The molecule has 208 valence electrons. The van der Waals surface area contributed by atoms with E-state index in [4.69, 9.17) is 0 Å². The number of hydrogen-bond acceptors (Lipinski definition) is 7. The molecule has 3 rings (SSSR count). The molecule has 6 N–H and O–H groups in total. The largest absolute Gasteiger partial charge is 0.480 e. The quantitative estimate of drug-likeness (QED) is 0.191. The van der Waals surface area contributed by atoms with E-state index >= 15 is 0 Å². The Morgan fingerprint density at radius 2 is 1.63 bits per heavy atom. The molecular weight excluding hydrogens is 526 g/mol. The summed E-state index contributed by atoms with van der Waals surface area (Å²) in [6, 6.07) is 4.37. The van der Waals surface area contributed by atoms with E-state index in [1.165, 1.54) is 11.8 Å². The number of carboxylic acid groups (broad SMARTS) is 1. The van der Waals surface area contributed by atoms with Gasteiger partial charge in [-0.15, -0.1) is 0 Å². The van der Waals surface area contributed by atoms with E-state index < -0.39 is 35.9 Å². The van der Waals surface area contributed by atoms with Crippen LogP contribution in [-0.4, -0.2) is 88.5 Å². The van der Waals surface area contributed by atoms with E-state index in [0.717, 1.165) is 29.4 Å². The number of carboxylic acids is 1. The number of aromatic amines is 1. The second kappa shape index (κ2) is 15.0. The summed E-state index contributed by atoms with van der Waals surface area (Å²) in [5, 5.41) is 22.0. The molecule has 1 aliphatic rings. The topological polar surface area (TPSA) is 152 Å². The fourth-order valence-corrected chi connectivity index (χ4v) is 5.40. The van der Waals surface area contributed by atoms with E-state index in [-0.39, 0.29) is 24.8 Å². The molecular formula is C26H37N5O5S2. The van der Waals surface area contributed by atoms with Gasteiger partial charge < -0.3 is 31.4 Å². The number of thioether (sulfide) groups is 2. The normalized spacial score (nSPS) is 17.5. The van der Waals surface area contributed by atoms with Crippen LogP contribution in [0.5, 0.6) is 0 Å². The Bertz CT molecular complexity index is 1100. The molecule has 2 heterocycles. The van der Waals surface area contributed by atoms with Crippen LogP contribution in [0.1, 0.15) is 31.2 Å². The Morgan fingerprint density at radius 3 is 2.29 bits per heavy atom. The minimum absolute atomic E-state index is 0.157. The standard InChI is InChI=1S/C26H37N5O5S2/c1-37-12-9-20(29-23(32)19-8-5-11-27-19)24(33)31-22(25(34)30-21(26(35)36)10-13-38-2)14-16-15-28-18-7-4-3-6-17(16)18/h3-4,6-7,15,19-22,27-28H,5,8-14H2,1-2H3,(H,29,32)(H,30,34)(H,31,33)(H,35,36). The Kier molecular flexibility index (Phi) is 11.8. The maximum Gasteiger partial charge on any atom is 0.326 e. The van der Waals surface area contributed by atoms with E-state index in [0.29, 0.717) is 24.3 Å². The molecule has 1 fully saturated rings. The SMILES string of the molecule is CSCCC(NC(=O)C(Cc1c[nH]c2ccccc12)NC(=O)C(CCSC)NC(=O)C1CCCN1)C(=O)O. The van der Waals surface area contributed by atoms with Crippen molar-refractivity contribution >= 4 is 58.1 Å². The van der Waals surface area contributed by atoms with E-state index in [2.05, 4.69) is 26.3 Å². The maximum atomic E-state index is 13.4. The summed E-state index contributed by atoms with van der Waals surface area (Å²) >= 11 is 3.05. The second-order valence-electron chi connectivity index (χ2n) is 9.30. The van der Waals surface area contributed by atoms with Gasteiger partial charge >= 0.3 is 5.97 Å². The number of amides is 3. The number of aliphatic carboxylic acids is 1. The Balaban J connectivity index is 1.80. The summed E-state index contributed by atoms with van der Waals surface area (Å²) in [6.45, 7) is 0.758. The number of para-hydroxylation sites is 1. The van der Waals surface area contributed by atoms with Crippen molar-refractivity contribution in [2.24, 2.45) is 0 Å². The highest BCUT2D eigenvalue weighted by Gasteiger charge is 2.31. The number of hydrogen-bond donors (Lipinski definition) is 6. The maximum absolute atomic E-state index is 13.4. The molecule has 1 saturated heterocycles. The monoisotopic (exact) mass is 563 g/mol. The summed E-state index contributed by atoms with van der Waals surface area (Å²) in [6.07, 6.45) is 8.00. The van der Waals surface area contributed by atoms with Gasteiger partial charge in [0.05, 0.1) is 6.04 Å². The lowest BCUT2D eigenvalue weighted by molar-refractivity contribution is -0.142. The summed E-state index contributed by atoms with van der Waals surface area (Å²) in [5.41, 5.74) is 1.71. The molecule has 3 amide bonds. The van der Waals surface area contributed by atoms with Gasteiger partial charge in [-0.05, 0) is 67.9 Å². The first-order chi connectivity index (χ1) is 18.3. The van der Waals surface area contributed by atoms with Gasteiger partial charge in [0.25, 0.3) is 0 Å². The van der Waals surface area contributed by atoms with Crippen LogP contribution in [0.3, 0.4) is 0 Å². The van der Waals surface area contributed by atoms with Crippen molar-refractivity contribution in [2.45, 2.75) is 56.3 Å². The summed E-state index contributed by atoms with van der Waals surface area (Å²) in [7, 11) is 0. The lowest BCUT2D eigenvalue weighted by Crippen LogP contribution is -2.57. The fourth-order valence-electron chi connectivity index (χ4n) is 4.45. The van der Waals surface area contributed by atoms with Crippen LogP contribution in [0.15, 0.2) is 30.5 Å². The zero-order valence-electron chi connectivity index (χ0n) is 21.7. The predicted molar refractivity (Wildman–Crippen MR) is 152 cm³/mol. The van der Waals surface area contributed by atoms with Crippen molar-refractivity contribution in [1.29, 1.82) is 0 Å². The van der Waals surface area contributed by atoms with Crippen molar-refractivity contribution in [1.82, 2.24) is 26.3 Å². The molecule has 0 radical (unpaired) electrons. The first-order valence-corrected chi connectivity index (χ1v) is 15.5. The number of fused-ring (bicyclic) bond motifs is 1. The molecule has 38 heavy (non-hydrogen) atoms. The molecule has 1 aliphatic heterocycles. The minimum Gasteiger partial charge on any atom is -0.480 e. The number of H-pyrrole nitrogens is 1. The predicted octanol–water partition coefficient (Wildman–Crippen LogP) is 1.51. The van der Waals surface area contributed by atoms with Gasteiger partial charge in [0.2, 0.25) is 17.7 Å². The number of rotatable bonds is 15. The van der Waals surface area contributed by atoms with Crippen LogP contribution in [0.25, 0.3) is 10.9 Å². The third-order valence-electron chi connectivity index (χ3n) is 6.58. The summed E-state index contributed by atoms with van der Waals surface area (Å²) in [5.74, 6) is -1.20. The fraction of sp³-hybridized carbons (Fsp3) is 0.538. The highest BCUT2D eigenvalue weighted by atomic mass is 32.2. The number of nitrogens with one attached hydrogen (secondary N) is 5. The summed E-state index contributed by atoms with van der Waals surface area (Å²) < 4.78 is 0. The number of carbonyl (C=O) groups is 4. The average molecular weight is 564 g/mol. The molecule has 1 aromatic carbocycles. The van der Waals surface area contributed by atoms with Crippen molar-refractivity contribution < 1.29 is 24.3 Å². The van der Waals surface area contributed by atoms with Gasteiger partial charge in [0.1, 0.15) is 18.1 Å². The smallest absolute Gasteiger partial charge is 0.326 e. The molecule has 0 saturated carbocycles. The second-order valence-corrected chi connectivity index (χ2v) is 11.3. The molecule has 4 atom stereocenters. The van der Waals surface area contributed by atoms with Gasteiger partial charge in [-0.1, -0.05) is 18.2 Å². The van der Waals surface area contributed by atoms with Crippen LogP contribution >= 0.6 is 23.5 Å². The highest BCUT2D eigenvalue weighted by Crippen LogP contribution is 2.19. The molecule has 12 heteroatoms. The minimum atomic E-state index is -1.13. The molecule has 10 nitrogen and oxygen atoms in total. The van der Waals surface area contributed by atoms with E-state index in [1.807, 2.05) is 36.8 Å². The van der Waals surface area contributed by atoms with Crippen LogP contribution in [0.4, 0.5) is 0 Å². The first kappa shape index (κ1) is 29.9. The molecule has 4 unspecified atom stereocenters. The van der Waals surface area contributed by atoms with Gasteiger partial charge in [0.15, 0.2) is 0 Å². The third-order valence-corrected chi connectivity index (χ3v) is 7.87. The molecule has 1 aromatic heterocycles. The number of carbonyl (C=O) groups excluding carboxylic acids is 3. The number of benzene rings is 1. The van der Waals surface area contributed by atoms with E-state index in [1.54, 1.807) is 18.0 Å². The van der Waals surface area contributed by atoms with Gasteiger partial charge in [-0.2, -0.15) is 23.5 Å². The molecule has 2 aromatic rings. The molecule has 0 aliphatic carbocycles. The van der Waals surface area contributed by atoms with Crippen LogP contribution < -0.4 is 21.3 Å². The lowest BCUT2D eigenvalue weighted by atomic mass is 10.0. The zero-order valence-corrected chi connectivity index (χ0v) is 23.4. The van der Waals surface area contributed by atoms with Crippen molar-refractivity contribution in [3.63, 3.8) is 0 Å². The Labute approximate surface area is 231 Å². The first-order valence-electron chi connectivity index (χ1n) is 12.7. The zero-order chi connectivity index (χ0) is 27.5. The van der Waals surface area contributed by atoms with E-state index in [9.17, 15) is 24.3 Å². The summed E-state index contributed by atoms with van der Waals surface area (Å²) in [4.78, 5) is 54.5.